The van der Waals surface area contributed by atoms with Crippen LogP contribution in [0.4, 0.5) is 17.1 Å². The van der Waals surface area contributed by atoms with Gasteiger partial charge in [-0.2, -0.15) is 0 Å². The minimum absolute atomic E-state index is 0.0194. The summed E-state index contributed by atoms with van der Waals surface area (Å²) >= 11 is 0. The van der Waals surface area contributed by atoms with Crippen LogP contribution >= 0.6 is 0 Å². The molecule has 0 atom stereocenters. The highest BCUT2D eigenvalue weighted by atomic mass is 16.5. The van der Waals surface area contributed by atoms with Crippen LogP contribution in [-0.2, 0) is 11.3 Å². The number of carbonyl (C=O) groups is 1. The van der Waals surface area contributed by atoms with Crippen molar-refractivity contribution in [2.45, 2.75) is 6.54 Å². The number of aromatic nitrogens is 3. The molecule has 0 spiro atoms. The van der Waals surface area contributed by atoms with Crippen LogP contribution in [0, 0.1) is 0 Å². The normalized spacial score (nSPS) is 13.3. The van der Waals surface area contributed by atoms with Crippen molar-refractivity contribution in [3.05, 3.63) is 24.5 Å². The van der Waals surface area contributed by atoms with Gasteiger partial charge >= 0.3 is 0 Å². The molecule has 0 unspecified atom stereocenters. The molecular formula is C12H14N6O2. The Labute approximate surface area is 114 Å². The van der Waals surface area contributed by atoms with Gasteiger partial charge in [0, 0.05) is 18.8 Å². The number of fused-ring (bicyclic) bond motifs is 1. The van der Waals surface area contributed by atoms with E-state index in [0.717, 1.165) is 5.69 Å². The number of nitrogens with two attached hydrogens (primary N) is 1. The Kier molecular flexibility index (Phi) is 3.12. The molecule has 0 fully saturated rings. The predicted molar refractivity (Wildman–Crippen MR) is 73.5 cm³/mol. The summed E-state index contributed by atoms with van der Waals surface area (Å²) in [5, 5.41) is 13.5. The van der Waals surface area contributed by atoms with Gasteiger partial charge in [-0.05, 0) is 6.07 Å². The van der Waals surface area contributed by atoms with E-state index in [9.17, 15) is 4.79 Å². The van der Waals surface area contributed by atoms with Crippen molar-refractivity contribution in [2.75, 3.05) is 29.5 Å². The number of carbonyl (C=O) groups excluding carboxylic acids is 1. The van der Waals surface area contributed by atoms with E-state index < -0.39 is 0 Å². The summed E-state index contributed by atoms with van der Waals surface area (Å²) in [6, 6.07) is 3.47. The Morgan fingerprint density at radius 1 is 1.50 bits per heavy atom. The first-order valence-electron chi connectivity index (χ1n) is 6.16. The third kappa shape index (κ3) is 2.48. The molecular weight excluding hydrogens is 260 g/mol. The van der Waals surface area contributed by atoms with Gasteiger partial charge in [-0.25, -0.2) is 0 Å². The summed E-state index contributed by atoms with van der Waals surface area (Å²) in [5.41, 5.74) is 7.89. The topological polar surface area (TPSA) is 107 Å². The zero-order chi connectivity index (χ0) is 13.9. The Balaban J connectivity index is 1.69. The van der Waals surface area contributed by atoms with E-state index in [1.165, 1.54) is 0 Å². The van der Waals surface area contributed by atoms with Gasteiger partial charge in [0.05, 0.1) is 29.8 Å². The Bertz CT molecular complexity index is 625. The van der Waals surface area contributed by atoms with Crippen molar-refractivity contribution >= 4 is 23.0 Å². The van der Waals surface area contributed by atoms with Crippen LogP contribution in [0.3, 0.4) is 0 Å². The van der Waals surface area contributed by atoms with Gasteiger partial charge in [-0.3, -0.25) is 9.48 Å². The second kappa shape index (κ2) is 5.08. The molecule has 0 saturated carbocycles. The minimum atomic E-state index is -0.171. The molecule has 0 radical (unpaired) electrons. The standard InChI is InChI=1S/C12H14N6O2/c13-8-5-11-10(16-12(19)7-20-11)6-9(8)14-1-3-18-4-2-15-17-18/h2,4-6,14H,1,3,7,13H2,(H,16,19). The second-order valence-corrected chi connectivity index (χ2v) is 4.37. The fourth-order valence-corrected chi connectivity index (χ4v) is 1.95. The molecule has 8 heteroatoms. The Hall–Kier alpha value is -2.77. The first-order valence-corrected chi connectivity index (χ1v) is 6.16. The van der Waals surface area contributed by atoms with Gasteiger partial charge in [0.25, 0.3) is 5.91 Å². The van der Waals surface area contributed by atoms with E-state index in [2.05, 4.69) is 20.9 Å². The van der Waals surface area contributed by atoms with Crippen LogP contribution in [0.25, 0.3) is 0 Å². The third-order valence-electron chi connectivity index (χ3n) is 2.91. The van der Waals surface area contributed by atoms with E-state index in [-0.39, 0.29) is 12.5 Å². The number of benzene rings is 1. The average molecular weight is 274 g/mol. The molecule has 0 bridgehead atoms. The molecule has 2 heterocycles. The van der Waals surface area contributed by atoms with Crippen LogP contribution in [0.15, 0.2) is 24.5 Å². The Morgan fingerprint density at radius 2 is 2.40 bits per heavy atom. The molecule has 4 N–H and O–H groups in total. The molecule has 1 aromatic carbocycles. The highest BCUT2D eigenvalue weighted by molar-refractivity contribution is 5.97. The number of hydrogen-bond donors (Lipinski definition) is 3. The van der Waals surface area contributed by atoms with Gasteiger partial charge in [0.1, 0.15) is 5.75 Å². The number of amides is 1. The van der Waals surface area contributed by atoms with Gasteiger partial charge in [-0.1, -0.05) is 5.21 Å². The van der Waals surface area contributed by atoms with Gasteiger partial charge < -0.3 is 21.1 Å². The number of nitrogens with one attached hydrogen (secondary N) is 2. The molecule has 0 saturated heterocycles. The molecule has 104 valence electrons. The number of rotatable bonds is 4. The van der Waals surface area contributed by atoms with Crippen molar-refractivity contribution < 1.29 is 9.53 Å². The molecule has 1 amide bonds. The molecule has 1 aromatic heterocycles. The SMILES string of the molecule is Nc1cc2c(cc1NCCn1ccnn1)NC(=O)CO2. The summed E-state index contributed by atoms with van der Waals surface area (Å²) in [7, 11) is 0. The van der Waals surface area contributed by atoms with Crippen LogP contribution in [0.5, 0.6) is 5.75 Å². The van der Waals surface area contributed by atoms with Crippen molar-refractivity contribution in [1.29, 1.82) is 0 Å². The maximum Gasteiger partial charge on any atom is 0.262 e. The van der Waals surface area contributed by atoms with E-state index in [1.807, 2.05) is 0 Å². The number of anilines is 3. The summed E-state index contributed by atoms with van der Waals surface area (Å²) in [6.07, 6.45) is 3.41. The van der Waals surface area contributed by atoms with Gasteiger partial charge in [0.15, 0.2) is 6.61 Å². The van der Waals surface area contributed by atoms with E-state index in [1.54, 1.807) is 29.2 Å². The number of nitrogen functional groups attached to an aromatic ring is 1. The van der Waals surface area contributed by atoms with Crippen LogP contribution in [0.1, 0.15) is 0 Å². The van der Waals surface area contributed by atoms with Crippen LogP contribution in [-0.4, -0.2) is 34.1 Å². The molecule has 3 rings (SSSR count). The van der Waals surface area contributed by atoms with Crippen LogP contribution < -0.4 is 21.1 Å². The van der Waals surface area contributed by atoms with Gasteiger partial charge in [-0.15, -0.1) is 5.10 Å². The summed E-state index contributed by atoms with van der Waals surface area (Å²) < 4.78 is 7.01. The fraction of sp³-hybridized carbons (Fsp3) is 0.250. The lowest BCUT2D eigenvalue weighted by molar-refractivity contribution is -0.118. The zero-order valence-electron chi connectivity index (χ0n) is 10.7. The lowest BCUT2D eigenvalue weighted by atomic mass is 10.2. The first-order chi connectivity index (χ1) is 9.72. The van der Waals surface area contributed by atoms with E-state index in [4.69, 9.17) is 10.5 Å². The third-order valence-corrected chi connectivity index (χ3v) is 2.91. The summed E-state index contributed by atoms with van der Waals surface area (Å²) in [4.78, 5) is 11.3. The molecule has 0 aliphatic carbocycles. The Morgan fingerprint density at radius 3 is 3.20 bits per heavy atom. The van der Waals surface area contributed by atoms with Gasteiger partial charge in [0.2, 0.25) is 0 Å². The number of ether oxygens (including phenoxy) is 1. The van der Waals surface area contributed by atoms with Crippen molar-refractivity contribution in [2.24, 2.45) is 0 Å². The van der Waals surface area contributed by atoms with E-state index in [0.29, 0.717) is 30.2 Å². The summed E-state index contributed by atoms with van der Waals surface area (Å²) in [6.45, 7) is 1.33. The highest BCUT2D eigenvalue weighted by Gasteiger charge is 2.17. The lowest BCUT2D eigenvalue weighted by Crippen LogP contribution is -2.25. The zero-order valence-corrected chi connectivity index (χ0v) is 10.7. The highest BCUT2D eigenvalue weighted by Crippen LogP contribution is 2.34. The maximum atomic E-state index is 11.3. The maximum absolute atomic E-state index is 11.3. The van der Waals surface area contributed by atoms with Crippen molar-refractivity contribution in [3.8, 4) is 5.75 Å². The molecule has 1 aliphatic rings. The largest absolute Gasteiger partial charge is 0.482 e. The number of hydrogen-bond acceptors (Lipinski definition) is 6. The fourth-order valence-electron chi connectivity index (χ4n) is 1.95. The number of nitrogens with zero attached hydrogens (tertiary/aromatic N) is 3. The monoisotopic (exact) mass is 274 g/mol. The quantitative estimate of drug-likeness (QED) is 0.692. The van der Waals surface area contributed by atoms with Crippen LogP contribution in [0.2, 0.25) is 0 Å². The first kappa shape index (κ1) is 12.3. The average Bonchev–Trinajstić information content (AvgIpc) is 2.93. The smallest absolute Gasteiger partial charge is 0.262 e. The molecule has 20 heavy (non-hydrogen) atoms. The molecule has 8 nitrogen and oxygen atoms in total. The second-order valence-electron chi connectivity index (χ2n) is 4.37. The van der Waals surface area contributed by atoms with Crippen molar-refractivity contribution in [3.63, 3.8) is 0 Å². The predicted octanol–water partition coefficient (Wildman–Crippen LogP) is 0.303. The van der Waals surface area contributed by atoms with Crippen molar-refractivity contribution in [1.82, 2.24) is 15.0 Å². The molecule has 2 aromatic rings. The van der Waals surface area contributed by atoms with E-state index >= 15 is 0 Å². The minimum Gasteiger partial charge on any atom is -0.482 e. The lowest BCUT2D eigenvalue weighted by Gasteiger charge is -2.20. The molecule has 1 aliphatic heterocycles. The summed E-state index contributed by atoms with van der Waals surface area (Å²) in [5.74, 6) is 0.416.